The fourth-order valence-electron chi connectivity index (χ4n) is 1.21. The molecule has 5 heteroatoms. The Morgan fingerprint density at radius 1 is 1.59 bits per heavy atom. The summed E-state index contributed by atoms with van der Waals surface area (Å²) in [6, 6.07) is 3.64. The van der Waals surface area contributed by atoms with Gasteiger partial charge in [0.2, 0.25) is 5.43 Å². The maximum Gasteiger partial charge on any atom is 0.223 e. The molecule has 4 nitrogen and oxygen atoms in total. The molecule has 0 unspecified atom stereocenters. The molecule has 1 heterocycles. The topological polar surface area (TPSA) is 65.9 Å². The Labute approximate surface area is 105 Å². The zero-order chi connectivity index (χ0) is 12.5. The smallest absolute Gasteiger partial charge is 0.223 e. The Morgan fingerprint density at radius 3 is 3.06 bits per heavy atom. The molecule has 0 radical (unpaired) electrons. The average molecular weight is 252 g/mol. The number of hydrogen-bond acceptors (Lipinski definition) is 4. The second-order valence-corrected chi connectivity index (χ2v) is 4.60. The van der Waals surface area contributed by atoms with Crippen LogP contribution in [0.5, 0.6) is 5.75 Å². The lowest BCUT2D eigenvalue weighted by molar-refractivity contribution is 0.313. The van der Waals surface area contributed by atoms with Crippen LogP contribution < -0.4 is 10.2 Å². The van der Waals surface area contributed by atoms with E-state index in [9.17, 15) is 4.79 Å². The number of aromatic amines is 1. The van der Waals surface area contributed by atoms with Crippen LogP contribution in [0, 0.1) is 11.3 Å². The molecular formula is C12H16N2O2S. The van der Waals surface area contributed by atoms with E-state index >= 15 is 0 Å². The maximum atomic E-state index is 11.6. The molecule has 0 fully saturated rings. The van der Waals surface area contributed by atoms with E-state index in [0.29, 0.717) is 24.5 Å². The number of nitrogens with one attached hydrogen (secondary N) is 1. The fraction of sp³-hybridized carbons (Fsp3) is 0.500. The first-order chi connectivity index (χ1) is 8.27. The van der Waals surface area contributed by atoms with Gasteiger partial charge in [0.1, 0.15) is 0 Å². The largest absolute Gasteiger partial charge is 0.488 e. The number of hydrogen-bond donors (Lipinski definition) is 1. The third-order valence-electron chi connectivity index (χ3n) is 2.01. The van der Waals surface area contributed by atoms with Crippen molar-refractivity contribution in [3.05, 3.63) is 28.2 Å². The zero-order valence-corrected chi connectivity index (χ0v) is 10.7. The number of nitrogens with zero attached hydrogens (tertiary/aromatic N) is 1. The van der Waals surface area contributed by atoms with Crippen molar-refractivity contribution in [3.8, 4) is 11.8 Å². The molecule has 92 valence electrons. The van der Waals surface area contributed by atoms with Gasteiger partial charge in [0, 0.05) is 35.9 Å². The predicted molar refractivity (Wildman–Crippen MR) is 69.2 cm³/mol. The molecule has 1 rings (SSSR count). The molecule has 0 atom stereocenters. The molecule has 1 N–H and O–H groups in total. The summed E-state index contributed by atoms with van der Waals surface area (Å²) in [6.07, 6.45) is 3.02. The summed E-state index contributed by atoms with van der Waals surface area (Å²) in [6.45, 7) is 2.55. The normalized spacial score (nSPS) is 9.88. The molecule has 0 saturated heterocycles. The number of H-pyrrole nitrogens is 1. The lowest BCUT2D eigenvalue weighted by Crippen LogP contribution is -2.09. The third kappa shape index (κ3) is 4.96. The Kier molecular flexibility index (Phi) is 6.26. The summed E-state index contributed by atoms with van der Waals surface area (Å²) < 4.78 is 5.29. The maximum absolute atomic E-state index is 11.6. The van der Waals surface area contributed by atoms with Crippen LogP contribution in [-0.4, -0.2) is 17.3 Å². The number of pyridine rings is 1. The first-order valence-corrected chi connectivity index (χ1v) is 6.72. The van der Waals surface area contributed by atoms with E-state index in [-0.39, 0.29) is 5.43 Å². The molecule has 1 aromatic heterocycles. The molecule has 17 heavy (non-hydrogen) atoms. The van der Waals surface area contributed by atoms with Crippen molar-refractivity contribution in [1.29, 1.82) is 5.26 Å². The van der Waals surface area contributed by atoms with Crippen LogP contribution in [0.25, 0.3) is 0 Å². The van der Waals surface area contributed by atoms with Crippen LogP contribution in [0.4, 0.5) is 0 Å². The highest BCUT2D eigenvalue weighted by atomic mass is 32.2. The Morgan fingerprint density at radius 2 is 2.41 bits per heavy atom. The second-order valence-electron chi connectivity index (χ2n) is 3.50. The van der Waals surface area contributed by atoms with E-state index in [1.54, 1.807) is 24.0 Å². The van der Waals surface area contributed by atoms with E-state index in [4.69, 9.17) is 10.00 Å². The Balaban J connectivity index is 2.51. The van der Waals surface area contributed by atoms with Gasteiger partial charge in [-0.1, -0.05) is 6.92 Å². The summed E-state index contributed by atoms with van der Waals surface area (Å²) in [5.74, 6) is 1.87. The van der Waals surface area contributed by atoms with Crippen LogP contribution >= 0.6 is 11.8 Å². The molecule has 0 aliphatic rings. The van der Waals surface area contributed by atoms with Gasteiger partial charge in [-0.15, -0.1) is 0 Å². The number of rotatable bonds is 7. The summed E-state index contributed by atoms with van der Waals surface area (Å²) >= 11 is 1.63. The second kappa shape index (κ2) is 7.80. The Hall–Kier alpha value is -1.41. The minimum atomic E-state index is -0.0897. The monoisotopic (exact) mass is 252 g/mol. The van der Waals surface area contributed by atoms with Crippen LogP contribution in [0.3, 0.4) is 0 Å². The zero-order valence-electron chi connectivity index (χ0n) is 9.86. The molecule has 1 aromatic rings. The quantitative estimate of drug-likeness (QED) is 0.756. The summed E-state index contributed by atoms with van der Waals surface area (Å²) in [5, 5.41) is 8.39. The van der Waals surface area contributed by atoms with Crippen molar-refractivity contribution in [2.75, 3.05) is 12.4 Å². The first-order valence-electron chi connectivity index (χ1n) is 5.57. The SMILES string of the molecule is CCCOc1c[nH]c(CSCCC#N)cc1=O. The molecule has 0 bridgehead atoms. The number of nitriles is 1. The summed E-state index contributed by atoms with van der Waals surface area (Å²) in [5.41, 5.74) is 0.773. The molecule has 0 amide bonds. The number of aromatic nitrogens is 1. The van der Waals surface area contributed by atoms with Crippen LogP contribution in [0.15, 0.2) is 17.1 Å². The third-order valence-corrected chi connectivity index (χ3v) is 3.02. The van der Waals surface area contributed by atoms with Gasteiger partial charge >= 0.3 is 0 Å². The molecular weight excluding hydrogens is 236 g/mol. The van der Waals surface area contributed by atoms with Crippen LogP contribution in [0.2, 0.25) is 0 Å². The van der Waals surface area contributed by atoms with E-state index in [2.05, 4.69) is 11.1 Å². The van der Waals surface area contributed by atoms with Gasteiger partial charge in [0.25, 0.3) is 0 Å². The molecule has 0 saturated carbocycles. The fourth-order valence-corrected chi connectivity index (χ4v) is 1.98. The molecule has 0 aliphatic heterocycles. The lowest BCUT2D eigenvalue weighted by Gasteiger charge is -2.05. The van der Waals surface area contributed by atoms with Gasteiger partial charge < -0.3 is 9.72 Å². The van der Waals surface area contributed by atoms with Gasteiger partial charge in [-0.25, -0.2) is 0 Å². The van der Waals surface area contributed by atoms with Gasteiger partial charge in [-0.05, 0) is 6.42 Å². The predicted octanol–water partition coefficient (Wildman–Crippen LogP) is 2.31. The lowest BCUT2D eigenvalue weighted by atomic mass is 10.3. The van der Waals surface area contributed by atoms with E-state index in [1.807, 2.05) is 6.92 Å². The van der Waals surface area contributed by atoms with Crippen LogP contribution in [-0.2, 0) is 5.75 Å². The first kappa shape index (κ1) is 13.7. The summed E-state index contributed by atoms with van der Waals surface area (Å²) in [4.78, 5) is 14.7. The van der Waals surface area contributed by atoms with E-state index < -0.39 is 0 Å². The van der Waals surface area contributed by atoms with E-state index in [1.165, 1.54) is 0 Å². The van der Waals surface area contributed by atoms with Crippen molar-refractivity contribution in [1.82, 2.24) is 4.98 Å². The average Bonchev–Trinajstić information content (AvgIpc) is 2.34. The molecule has 0 aromatic carbocycles. The highest BCUT2D eigenvalue weighted by Gasteiger charge is 2.02. The number of ether oxygens (including phenoxy) is 1. The van der Waals surface area contributed by atoms with Gasteiger partial charge in [0.05, 0.1) is 12.7 Å². The minimum Gasteiger partial charge on any atom is -0.488 e. The molecule has 0 spiro atoms. The van der Waals surface area contributed by atoms with Crippen molar-refractivity contribution >= 4 is 11.8 Å². The minimum absolute atomic E-state index is 0.0897. The highest BCUT2D eigenvalue weighted by molar-refractivity contribution is 7.98. The van der Waals surface area contributed by atoms with Crippen LogP contribution in [0.1, 0.15) is 25.5 Å². The Bertz CT molecular complexity index is 437. The van der Waals surface area contributed by atoms with E-state index in [0.717, 1.165) is 17.9 Å². The van der Waals surface area contributed by atoms with Gasteiger partial charge in [-0.2, -0.15) is 17.0 Å². The standard InChI is InChI=1S/C12H16N2O2S/c1-2-5-16-12-8-14-10(7-11(12)15)9-17-6-3-4-13/h7-8H,2-3,5-6,9H2,1H3,(H,14,15). The molecule has 0 aliphatic carbocycles. The van der Waals surface area contributed by atoms with Crippen molar-refractivity contribution in [3.63, 3.8) is 0 Å². The van der Waals surface area contributed by atoms with Crippen molar-refractivity contribution in [2.45, 2.75) is 25.5 Å². The van der Waals surface area contributed by atoms with Gasteiger partial charge in [0.15, 0.2) is 5.75 Å². The highest BCUT2D eigenvalue weighted by Crippen LogP contribution is 2.11. The van der Waals surface area contributed by atoms with Crippen molar-refractivity contribution < 1.29 is 4.74 Å². The van der Waals surface area contributed by atoms with Crippen molar-refractivity contribution in [2.24, 2.45) is 0 Å². The van der Waals surface area contributed by atoms with Gasteiger partial charge in [-0.3, -0.25) is 4.79 Å². The summed E-state index contributed by atoms with van der Waals surface area (Å²) in [7, 11) is 0. The number of thioether (sulfide) groups is 1.